The van der Waals surface area contributed by atoms with E-state index in [0.717, 1.165) is 23.3 Å². The first-order valence-corrected chi connectivity index (χ1v) is 5.96. The predicted octanol–water partition coefficient (Wildman–Crippen LogP) is 1.48. The van der Waals surface area contributed by atoms with E-state index in [4.69, 9.17) is 11.6 Å². The van der Waals surface area contributed by atoms with Gasteiger partial charge in [0.1, 0.15) is 10.1 Å². The molecule has 0 N–H and O–H groups in total. The van der Waals surface area contributed by atoms with Crippen LogP contribution in [0.2, 0.25) is 4.47 Å². The molecule has 104 valence electrons. The van der Waals surface area contributed by atoms with Crippen LogP contribution in [-0.2, 0) is 4.74 Å². The summed E-state index contributed by atoms with van der Waals surface area (Å²) < 4.78 is 4.76. The first-order chi connectivity index (χ1) is 8.86. The van der Waals surface area contributed by atoms with Crippen molar-refractivity contribution in [1.29, 1.82) is 0 Å². The zero-order valence-electron chi connectivity index (χ0n) is 10.2. The van der Waals surface area contributed by atoms with Crippen LogP contribution in [0.15, 0.2) is 11.3 Å². The number of ether oxygens (including phenoxy) is 1. The lowest BCUT2D eigenvalue weighted by Gasteiger charge is -2.22. The number of carbonyl (C=O) groups excluding carboxylic acids is 1. The maximum absolute atomic E-state index is 11.8. The highest BCUT2D eigenvalue weighted by Gasteiger charge is 2.29. The Morgan fingerprint density at radius 1 is 1.63 bits per heavy atom. The van der Waals surface area contributed by atoms with E-state index in [9.17, 15) is 14.9 Å². The normalized spacial score (nSPS) is 11.1. The van der Waals surface area contributed by atoms with E-state index in [2.05, 4.69) is 14.8 Å². The first-order valence-electron chi connectivity index (χ1n) is 4.76. The van der Waals surface area contributed by atoms with Gasteiger partial charge in [0.25, 0.3) is 5.96 Å². The second kappa shape index (κ2) is 6.29. The lowest BCUT2D eigenvalue weighted by atomic mass is 10.6. The second-order valence-electron chi connectivity index (χ2n) is 3.29. The van der Waals surface area contributed by atoms with Crippen LogP contribution in [0.5, 0.6) is 0 Å². The number of guanidine groups is 1. The fourth-order valence-corrected chi connectivity index (χ4v) is 2.03. The molecule has 1 amide bonds. The van der Waals surface area contributed by atoms with Crippen molar-refractivity contribution in [3.8, 4) is 0 Å². The molecule has 1 aromatic rings. The van der Waals surface area contributed by atoms with Crippen LogP contribution in [0.1, 0.15) is 0 Å². The number of hydrogen-bond donors (Lipinski definition) is 0. The van der Waals surface area contributed by atoms with Gasteiger partial charge in [0, 0.05) is 14.1 Å². The number of methoxy groups -OCH3 is 1. The van der Waals surface area contributed by atoms with Gasteiger partial charge in [-0.1, -0.05) is 22.9 Å². The molecule has 0 aliphatic carbocycles. The molecule has 0 saturated carbocycles. The smallest absolute Gasteiger partial charge is 0.421 e. The van der Waals surface area contributed by atoms with Crippen LogP contribution >= 0.6 is 22.9 Å². The average molecular weight is 308 g/mol. The summed E-state index contributed by atoms with van der Waals surface area (Å²) in [5.74, 6) is -0.225. The van der Waals surface area contributed by atoms with Gasteiger partial charge in [-0.2, -0.15) is 4.90 Å². The third-order valence-corrected chi connectivity index (χ3v) is 2.91. The van der Waals surface area contributed by atoms with E-state index in [-0.39, 0.29) is 15.4 Å². The number of aromatic nitrogens is 1. The molecule has 0 fully saturated rings. The summed E-state index contributed by atoms with van der Waals surface area (Å²) in [5.41, 5.74) is 0. The quantitative estimate of drug-likeness (QED) is 0.355. The van der Waals surface area contributed by atoms with Crippen LogP contribution in [0.3, 0.4) is 0 Å². The number of nitrogens with zero attached hydrogens (tertiary/aromatic N) is 5. The van der Waals surface area contributed by atoms with Crippen LogP contribution in [0.4, 0.5) is 9.80 Å². The lowest BCUT2D eigenvalue weighted by molar-refractivity contribution is -0.485. The molecule has 0 radical (unpaired) electrons. The van der Waals surface area contributed by atoms with E-state index in [0.29, 0.717) is 0 Å². The van der Waals surface area contributed by atoms with Crippen molar-refractivity contribution in [3.05, 3.63) is 20.8 Å². The molecule has 0 aliphatic heterocycles. The molecule has 1 aromatic heterocycles. The van der Waals surface area contributed by atoms with Gasteiger partial charge in [-0.05, 0) is 0 Å². The Kier molecular flexibility index (Phi) is 5.01. The number of carbonyl (C=O) groups is 1. The molecule has 0 bridgehead atoms. The summed E-state index contributed by atoms with van der Waals surface area (Å²) in [7, 11) is 4.15. The number of thiazole rings is 1. The number of amides is 1. The van der Waals surface area contributed by atoms with E-state index in [1.807, 2.05) is 0 Å². The lowest BCUT2D eigenvalue weighted by Crippen LogP contribution is -2.44. The maximum Gasteiger partial charge on any atom is 0.421 e. The Morgan fingerprint density at radius 2 is 2.26 bits per heavy atom. The Bertz CT molecular complexity index is 517. The Hall–Kier alpha value is -1.94. The van der Waals surface area contributed by atoms with Crippen LogP contribution in [-0.4, -0.2) is 48.2 Å². The van der Waals surface area contributed by atoms with Gasteiger partial charge in [-0.15, -0.1) is 0 Å². The maximum atomic E-state index is 11.8. The van der Waals surface area contributed by atoms with Crippen molar-refractivity contribution in [1.82, 2.24) is 9.88 Å². The number of anilines is 1. The van der Waals surface area contributed by atoms with Crippen molar-refractivity contribution in [3.63, 3.8) is 0 Å². The van der Waals surface area contributed by atoms with Gasteiger partial charge >= 0.3 is 6.09 Å². The first kappa shape index (κ1) is 15.1. The Labute approximate surface area is 117 Å². The summed E-state index contributed by atoms with van der Waals surface area (Å²) in [5, 5.41) is 13.0. The van der Waals surface area contributed by atoms with Gasteiger partial charge in [0.2, 0.25) is 0 Å². The summed E-state index contributed by atoms with van der Waals surface area (Å²) in [6.07, 6.45) is 0.456. The van der Waals surface area contributed by atoms with E-state index in [1.165, 1.54) is 25.2 Å². The predicted molar refractivity (Wildman–Crippen MR) is 70.1 cm³/mol. The summed E-state index contributed by atoms with van der Waals surface area (Å²) in [4.78, 5) is 28.3. The molecule has 0 aromatic carbocycles. The molecule has 9 nitrogen and oxygen atoms in total. The number of nitro groups is 1. The minimum Gasteiger partial charge on any atom is -0.452 e. The van der Waals surface area contributed by atoms with Crippen LogP contribution in [0, 0.1) is 10.1 Å². The monoisotopic (exact) mass is 307 g/mol. The molecule has 0 aliphatic rings. The van der Waals surface area contributed by atoms with Crippen molar-refractivity contribution < 1.29 is 14.6 Å². The topological polar surface area (TPSA) is 101 Å². The van der Waals surface area contributed by atoms with Crippen LogP contribution < -0.4 is 4.90 Å². The fraction of sp³-hybridized carbons (Fsp3) is 0.375. The van der Waals surface area contributed by atoms with Crippen molar-refractivity contribution >= 4 is 40.0 Å². The molecule has 19 heavy (non-hydrogen) atoms. The zero-order valence-corrected chi connectivity index (χ0v) is 11.8. The fourth-order valence-electron chi connectivity index (χ4n) is 1.12. The minimum absolute atomic E-state index is 0.183. The molecule has 0 unspecified atom stereocenters. The highest BCUT2D eigenvalue weighted by molar-refractivity contribution is 7.19. The Balaban J connectivity index is 3.30. The molecule has 1 rings (SSSR count). The van der Waals surface area contributed by atoms with Gasteiger partial charge in [-0.25, -0.2) is 19.9 Å². The number of hydrazone groups is 1. The van der Waals surface area contributed by atoms with Crippen molar-refractivity contribution in [2.24, 2.45) is 5.10 Å². The standard InChI is InChI=1S/C8H10ClN5O4S/c1-12(2)7(11-14(16)17)13(8(15)18-3)5-4-10-6(9)19-5/h4H,1-3H3. The van der Waals surface area contributed by atoms with E-state index < -0.39 is 11.1 Å². The number of rotatable bonds is 2. The second-order valence-corrected chi connectivity index (χ2v) is 4.88. The minimum atomic E-state index is -0.909. The van der Waals surface area contributed by atoms with E-state index in [1.54, 1.807) is 0 Å². The third-order valence-electron chi connectivity index (χ3n) is 1.81. The summed E-state index contributed by atoms with van der Waals surface area (Å²) in [6, 6.07) is 0. The summed E-state index contributed by atoms with van der Waals surface area (Å²) >= 11 is 6.65. The molecular formula is C8H10ClN5O4S. The van der Waals surface area contributed by atoms with Gasteiger partial charge in [0.05, 0.1) is 13.3 Å². The molecule has 1 heterocycles. The highest BCUT2D eigenvalue weighted by Crippen LogP contribution is 2.28. The van der Waals surface area contributed by atoms with Crippen molar-refractivity contribution in [2.75, 3.05) is 26.1 Å². The summed E-state index contributed by atoms with van der Waals surface area (Å²) in [6.45, 7) is 0. The third kappa shape index (κ3) is 3.76. The molecular weight excluding hydrogens is 298 g/mol. The van der Waals surface area contributed by atoms with Gasteiger partial charge in [-0.3, -0.25) is 0 Å². The Morgan fingerprint density at radius 3 is 2.63 bits per heavy atom. The molecule has 0 atom stereocenters. The van der Waals surface area contributed by atoms with Gasteiger partial charge in [0.15, 0.2) is 9.50 Å². The SMILES string of the molecule is COC(=O)N(C(=N[N+](=O)[O-])N(C)C)c1cnc(Cl)s1. The number of hydrogen-bond acceptors (Lipinski definition) is 6. The molecule has 0 spiro atoms. The average Bonchev–Trinajstić information content (AvgIpc) is 2.73. The molecule has 0 saturated heterocycles. The number of halogens is 1. The zero-order chi connectivity index (χ0) is 14.6. The highest BCUT2D eigenvalue weighted by atomic mass is 35.5. The van der Waals surface area contributed by atoms with Crippen molar-refractivity contribution in [2.45, 2.75) is 0 Å². The van der Waals surface area contributed by atoms with E-state index >= 15 is 0 Å². The van der Waals surface area contributed by atoms with Gasteiger partial charge < -0.3 is 9.64 Å². The largest absolute Gasteiger partial charge is 0.452 e. The molecule has 11 heteroatoms. The van der Waals surface area contributed by atoms with Crippen LogP contribution in [0.25, 0.3) is 0 Å².